The van der Waals surface area contributed by atoms with Gasteiger partial charge in [-0.1, -0.05) is 17.7 Å². The number of halogens is 2. The molecule has 0 spiro atoms. The Kier molecular flexibility index (Phi) is 1.70. The first-order chi connectivity index (χ1) is 5.70. The van der Waals surface area contributed by atoms with Crippen LogP contribution in [0.2, 0.25) is 4.34 Å². The lowest BCUT2D eigenvalue weighted by Crippen LogP contribution is -1.84. The van der Waals surface area contributed by atoms with Gasteiger partial charge in [0.25, 0.3) is 0 Å². The molecule has 4 heteroatoms. The summed E-state index contributed by atoms with van der Waals surface area (Å²) in [7, 11) is 0. The van der Waals surface area contributed by atoms with E-state index in [1.165, 1.54) is 17.4 Å². The number of thiophene rings is 1. The van der Waals surface area contributed by atoms with Crippen LogP contribution in [0.1, 0.15) is 0 Å². The summed E-state index contributed by atoms with van der Waals surface area (Å²) in [6.45, 7) is 0. The lowest BCUT2D eigenvalue weighted by molar-refractivity contribution is 0.640. The first-order valence-corrected chi connectivity index (χ1v) is 4.51. The Hall–Kier alpha value is -0.800. The third kappa shape index (κ3) is 0.974. The standard InChI is InChI=1S/C8H5ClFNS/c9-8-7(11)6-4(10)2-1-3-5(6)12-8/h1-3H,11H2. The Morgan fingerprint density at radius 1 is 1.42 bits per heavy atom. The van der Waals surface area contributed by atoms with Crippen LogP contribution in [0.5, 0.6) is 0 Å². The summed E-state index contributed by atoms with van der Waals surface area (Å²) in [6, 6.07) is 4.82. The lowest BCUT2D eigenvalue weighted by Gasteiger charge is -1.92. The highest BCUT2D eigenvalue weighted by Crippen LogP contribution is 2.38. The number of hydrogen-bond donors (Lipinski definition) is 1. The van der Waals surface area contributed by atoms with E-state index in [9.17, 15) is 4.39 Å². The number of rotatable bonds is 0. The smallest absolute Gasteiger partial charge is 0.134 e. The van der Waals surface area contributed by atoms with Crippen molar-refractivity contribution in [1.29, 1.82) is 0 Å². The summed E-state index contributed by atoms with van der Waals surface area (Å²) in [6.07, 6.45) is 0. The van der Waals surface area contributed by atoms with E-state index in [2.05, 4.69) is 0 Å². The monoisotopic (exact) mass is 201 g/mol. The maximum Gasteiger partial charge on any atom is 0.134 e. The molecule has 0 unspecified atom stereocenters. The maximum atomic E-state index is 13.1. The fraction of sp³-hybridized carbons (Fsp3) is 0. The highest BCUT2D eigenvalue weighted by molar-refractivity contribution is 7.23. The first kappa shape index (κ1) is 7.83. The summed E-state index contributed by atoms with van der Waals surface area (Å²) in [5, 5.41) is 0.438. The summed E-state index contributed by atoms with van der Waals surface area (Å²) in [5.74, 6) is -0.312. The van der Waals surface area contributed by atoms with Crippen molar-refractivity contribution in [2.24, 2.45) is 0 Å². The molecule has 0 fully saturated rings. The van der Waals surface area contributed by atoms with E-state index < -0.39 is 0 Å². The molecule has 2 N–H and O–H groups in total. The predicted octanol–water partition coefficient (Wildman–Crippen LogP) is 3.28. The van der Waals surface area contributed by atoms with Crippen LogP contribution in [0.3, 0.4) is 0 Å². The third-order valence-corrected chi connectivity index (χ3v) is 3.05. The molecule has 2 aromatic rings. The number of hydrogen-bond acceptors (Lipinski definition) is 2. The molecule has 0 aliphatic carbocycles. The van der Waals surface area contributed by atoms with Crippen molar-refractivity contribution in [3.05, 3.63) is 28.4 Å². The Labute approximate surface area is 77.6 Å². The van der Waals surface area contributed by atoms with Gasteiger partial charge < -0.3 is 5.73 Å². The summed E-state index contributed by atoms with van der Waals surface area (Å²) in [5.41, 5.74) is 5.92. The van der Waals surface area contributed by atoms with Gasteiger partial charge in [-0.2, -0.15) is 0 Å². The molecule has 0 bridgehead atoms. The Morgan fingerprint density at radius 2 is 2.17 bits per heavy atom. The molecule has 0 saturated carbocycles. The second-order valence-corrected chi connectivity index (χ2v) is 4.06. The molecule has 0 amide bonds. The van der Waals surface area contributed by atoms with Gasteiger partial charge in [-0.3, -0.25) is 0 Å². The molecule has 0 aliphatic heterocycles. The van der Waals surface area contributed by atoms with Crippen LogP contribution in [0.15, 0.2) is 18.2 Å². The van der Waals surface area contributed by atoms with Gasteiger partial charge in [-0.25, -0.2) is 4.39 Å². The maximum absolute atomic E-state index is 13.1. The van der Waals surface area contributed by atoms with Gasteiger partial charge in [0, 0.05) is 4.70 Å². The third-order valence-electron chi connectivity index (χ3n) is 1.66. The van der Waals surface area contributed by atoms with E-state index in [1.54, 1.807) is 12.1 Å². The van der Waals surface area contributed by atoms with Crippen molar-refractivity contribution < 1.29 is 4.39 Å². The van der Waals surface area contributed by atoms with Gasteiger partial charge >= 0.3 is 0 Å². The molecule has 0 aliphatic rings. The second kappa shape index (κ2) is 2.61. The van der Waals surface area contributed by atoms with Gasteiger partial charge in [0.1, 0.15) is 10.2 Å². The van der Waals surface area contributed by atoms with Crippen molar-refractivity contribution in [3.63, 3.8) is 0 Å². The first-order valence-electron chi connectivity index (χ1n) is 3.32. The van der Waals surface area contributed by atoms with E-state index in [-0.39, 0.29) is 5.82 Å². The minimum absolute atomic E-state index is 0.312. The zero-order valence-electron chi connectivity index (χ0n) is 5.97. The summed E-state index contributed by atoms with van der Waals surface area (Å²) >= 11 is 7.04. The second-order valence-electron chi connectivity index (χ2n) is 2.40. The normalized spacial score (nSPS) is 10.8. The molecule has 62 valence electrons. The number of nitrogens with two attached hydrogens (primary N) is 1. The molecule has 0 saturated heterocycles. The average Bonchev–Trinajstić information content (AvgIpc) is 2.29. The predicted molar refractivity (Wildman–Crippen MR) is 51.2 cm³/mol. The molecule has 12 heavy (non-hydrogen) atoms. The minimum Gasteiger partial charge on any atom is -0.396 e. The van der Waals surface area contributed by atoms with Crippen molar-refractivity contribution in [3.8, 4) is 0 Å². The molecular formula is C8H5ClFNS. The number of anilines is 1. The molecule has 1 heterocycles. The van der Waals surface area contributed by atoms with Gasteiger partial charge in [0.05, 0.1) is 11.1 Å². The number of nitrogen functional groups attached to an aromatic ring is 1. The van der Waals surface area contributed by atoms with Crippen molar-refractivity contribution >= 4 is 38.7 Å². The van der Waals surface area contributed by atoms with Crippen LogP contribution in [0, 0.1) is 5.82 Å². The molecule has 0 atom stereocenters. The summed E-state index contributed by atoms with van der Waals surface area (Å²) in [4.78, 5) is 0. The molecule has 1 aromatic heterocycles. The lowest BCUT2D eigenvalue weighted by atomic mass is 10.2. The van der Waals surface area contributed by atoms with Crippen molar-refractivity contribution in [2.75, 3.05) is 5.73 Å². The van der Waals surface area contributed by atoms with Crippen LogP contribution in [-0.2, 0) is 0 Å². The molecule has 2 rings (SSSR count). The van der Waals surface area contributed by atoms with Crippen LogP contribution < -0.4 is 5.73 Å². The SMILES string of the molecule is Nc1c(Cl)sc2cccc(F)c12. The Morgan fingerprint density at radius 3 is 2.83 bits per heavy atom. The van der Waals surface area contributed by atoms with Crippen LogP contribution in [-0.4, -0.2) is 0 Å². The number of fused-ring (bicyclic) bond motifs is 1. The average molecular weight is 202 g/mol. The summed E-state index contributed by atoms with van der Waals surface area (Å²) < 4.78 is 14.4. The van der Waals surface area contributed by atoms with Gasteiger partial charge in [0.2, 0.25) is 0 Å². The fourth-order valence-corrected chi connectivity index (χ4v) is 2.31. The van der Waals surface area contributed by atoms with Crippen LogP contribution >= 0.6 is 22.9 Å². The quantitative estimate of drug-likeness (QED) is 0.696. The molecule has 1 aromatic carbocycles. The highest BCUT2D eigenvalue weighted by Gasteiger charge is 2.10. The van der Waals surface area contributed by atoms with Gasteiger partial charge in [-0.05, 0) is 12.1 Å². The number of benzene rings is 1. The molecule has 1 nitrogen and oxygen atoms in total. The van der Waals surface area contributed by atoms with E-state index in [4.69, 9.17) is 17.3 Å². The van der Waals surface area contributed by atoms with Gasteiger partial charge in [0.15, 0.2) is 0 Å². The highest BCUT2D eigenvalue weighted by atomic mass is 35.5. The van der Waals surface area contributed by atoms with E-state index in [0.717, 1.165) is 4.70 Å². The topological polar surface area (TPSA) is 26.0 Å². The van der Waals surface area contributed by atoms with Gasteiger partial charge in [-0.15, -0.1) is 11.3 Å². The van der Waals surface area contributed by atoms with E-state index in [0.29, 0.717) is 15.4 Å². The van der Waals surface area contributed by atoms with Crippen molar-refractivity contribution in [1.82, 2.24) is 0 Å². The fourth-order valence-electron chi connectivity index (χ4n) is 1.10. The van der Waals surface area contributed by atoms with E-state index >= 15 is 0 Å². The zero-order valence-corrected chi connectivity index (χ0v) is 7.55. The largest absolute Gasteiger partial charge is 0.396 e. The Bertz CT molecular complexity index is 438. The zero-order chi connectivity index (χ0) is 8.72. The van der Waals surface area contributed by atoms with Crippen LogP contribution in [0.25, 0.3) is 10.1 Å². The van der Waals surface area contributed by atoms with Crippen molar-refractivity contribution in [2.45, 2.75) is 0 Å². The Balaban J connectivity index is 2.97. The minimum atomic E-state index is -0.312. The molecular weight excluding hydrogens is 197 g/mol. The van der Waals surface area contributed by atoms with Crippen LogP contribution in [0.4, 0.5) is 10.1 Å². The van der Waals surface area contributed by atoms with E-state index in [1.807, 2.05) is 0 Å². The molecule has 0 radical (unpaired) electrons.